The van der Waals surface area contributed by atoms with Gasteiger partial charge in [0.15, 0.2) is 17.7 Å². The van der Waals surface area contributed by atoms with E-state index in [0.717, 1.165) is 12.0 Å². The molecule has 43 heavy (non-hydrogen) atoms. The number of nitrogens with two attached hydrogens (primary N) is 2. The van der Waals surface area contributed by atoms with Crippen molar-refractivity contribution < 1.29 is 34.3 Å². The van der Waals surface area contributed by atoms with Crippen LogP contribution in [0.5, 0.6) is 11.5 Å². The number of aliphatic hydroxyl groups is 2. The van der Waals surface area contributed by atoms with Gasteiger partial charge in [-0.25, -0.2) is 15.3 Å². The Bertz CT molecular complexity index is 1540. The number of carbonyl (C=O) groups is 2. The lowest BCUT2D eigenvalue weighted by atomic mass is 9.79. The van der Waals surface area contributed by atoms with Crippen LogP contribution in [0.25, 0.3) is 0 Å². The molecule has 15 nitrogen and oxygen atoms in total. The van der Waals surface area contributed by atoms with Gasteiger partial charge in [-0.2, -0.15) is 0 Å². The minimum Gasteiger partial charge on any atom is -0.494 e. The highest BCUT2D eigenvalue weighted by Crippen LogP contribution is 2.43. The molecule has 5 heterocycles. The lowest BCUT2D eigenvalue weighted by Crippen LogP contribution is -2.90. The first kappa shape index (κ1) is 28.5. The van der Waals surface area contributed by atoms with Crippen LogP contribution in [0.15, 0.2) is 41.5 Å². The van der Waals surface area contributed by atoms with E-state index in [0.29, 0.717) is 18.1 Å². The molecule has 1 spiro atoms. The maximum Gasteiger partial charge on any atom is 0.343 e. The van der Waals surface area contributed by atoms with Crippen LogP contribution in [-0.4, -0.2) is 100 Å². The van der Waals surface area contributed by atoms with E-state index in [1.807, 2.05) is 6.07 Å². The van der Waals surface area contributed by atoms with Crippen LogP contribution >= 0.6 is 0 Å². The first-order valence-corrected chi connectivity index (χ1v) is 14.0. The predicted molar refractivity (Wildman–Crippen MR) is 153 cm³/mol. The summed E-state index contributed by atoms with van der Waals surface area (Å²) in [6.07, 6.45) is 2.27. The summed E-state index contributed by atoms with van der Waals surface area (Å²) in [4.78, 5) is 39.7. The Morgan fingerprint density at radius 3 is 2.79 bits per heavy atom. The molecule has 2 aromatic rings. The monoisotopic (exact) mass is 594 g/mol. The highest BCUT2D eigenvalue weighted by atomic mass is 16.5. The molecule has 1 saturated heterocycles. The molecule has 1 aromatic heterocycles. The van der Waals surface area contributed by atoms with Crippen molar-refractivity contribution in [2.75, 3.05) is 26.8 Å². The number of ether oxygens (including phenoxy) is 2. The van der Waals surface area contributed by atoms with E-state index in [-0.39, 0.29) is 41.7 Å². The molecule has 4 aliphatic heterocycles. The lowest BCUT2D eigenvalue weighted by molar-refractivity contribution is -0.521. The molecule has 1 fully saturated rings. The molecule has 4 aliphatic rings. The Hall–Kier alpha value is -4.63. The molecular formula is C28H36N9O6+. The number of pyridine rings is 1. The van der Waals surface area contributed by atoms with Crippen molar-refractivity contribution in [2.24, 2.45) is 16.5 Å². The summed E-state index contributed by atoms with van der Waals surface area (Å²) in [5, 5.41) is 32.1. The normalized spacial score (nSPS) is 27.7. The number of carbonyl (C=O) groups excluding carboxylic acids is 2. The van der Waals surface area contributed by atoms with Crippen molar-refractivity contribution in [2.45, 2.75) is 55.3 Å². The molecular weight excluding hydrogens is 558 g/mol. The number of nitrogens with zero attached hydrogens (tertiary/aromatic N) is 3. The first-order chi connectivity index (χ1) is 20.4. The Morgan fingerprint density at radius 1 is 1.23 bits per heavy atom. The van der Waals surface area contributed by atoms with E-state index >= 15 is 0 Å². The molecule has 1 aromatic carbocycles. The van der Waals surface area contributed by atoms with Crippen LogP contribution in [0.4, 0.5) is 0 Å². The second kappa shape index (κ2) is 9.98. The minimum atomic E-state index is -2.61. The third kappa shape index (κ3) is 4.29. The number of para-hydroxylation sites is 1. The summed E-state index contributed by atoms with van der Waals surface area (Å²) in [6.45, 7) is 4.48. The van der Waals surface area contributed by atoms with Crippen LogP contribution in [-0.2, 0) is 5.41 Å². The number of amides is 2. The molecule has 228 valence electrons. The van der Waals surface area contributed by atoms with Crippen LogP contribution in [0.2, 0.25) is 0 Å². The largest absolute Gasteiger partial charge is 0.494 e. The number of rotatable bonds is 6. The Balaban J connectivity index is 1.26. The van der Waals surface area contributed by atoms with Crippen LogP contribution < -0.4 is 41.9 Å². The van der Waals surface area contributed by atoms with Gasteiger partial charge in [0.05, 0.1) is 25.8 Å². The van der Waals surface area contributed by atoms with E-state index < -0.39 is 41.4 Å². The number of hydrogen-bond acceptors (Lipinski definition) is 12. The second-order valence-electron chi connectivity index (χ2n) is 11.8. The van der Waals surface area contributed by atoms with E-state index in [4.69, 9.17) is 20.9 Å². The fourth-order valence-corrected chi connectivity index (χ4v) is 6.53. The zero-order valence-electron chi connectivity index (χ0n) is 24.0. The van der Waals surface area contributed by atoms with Crippen molar-refractivity contribution in [3.8, 4) is 11.5 Å². The van der Waals surface area contributed by atoms with E-state index in [9.17, 15) is 19.8 Å². The minimum absolute atomic E-state index is 0.0266. The van der Waals surface area contributed by atoms with Gasteiger partial charge in [0.1, 0.15) is 23.6 Å². The van der Waals surface area contributed by atoms with Gasteiger partial charge < -0.3 is 36.1 Å². The van der Waals surface area contributed by atoms with Gasteiger partial charge in [0, 0.05) is 18.3 Å². The summed E-state index contributed by atoms with van der Waals surface area (Å²) in [5.74, 6) is -2.87. The Labute approximate surface area is 247 Å². The van der Waals surface area contributed by atoms with Crippen molar-refractivity contribution in [3.63, 3.8) is 0 Å². The smallest absolute Gasteiger partial charge is 0.343 e. The number of fused-ring (bicyclic) bond motifs is 1. The summed E-state index contributed by atoms with van der Waals surface area (Å²) in [5.41, 5.74) is 11.9. The zero-order chi connectivity index (χ0) is 30.7. The third-order valence-electron chi connectivity index (χ3n) is 8.83. The third-order valence-corrected chi connectivity index (χ3v) is 8.83. The quantitative estimate of drug-likeness (QED) is 0.153. The lowest BCUT2D eigenvalue weighted by Gasteiger charge is -2.46. The fraction of sp³-hybridized carbons (Fsp3) is 0.464. The number of hydrogen-bond donors (Lipinski definition) is 8. The Kier molecular flexibility index (Phi) is 6.61. The Morgan fingerprint density at radius 2 is 2.02 bits per heavy atom. The van der Waals surface area contributed by atoms with E-state index in [1.165, 1.54) is 18.2 Å². The second-order valence-corrected chi connectivity index (χ2v) is 11.8. The van der Waals surface area contributed by atoms with Gasteiger partial charge in [-0.15, -0.1) is 0 Å². The van der Waals surface area contributed by atoms with E-state index in [1.54, 1.807) is 24.3 Å². The zero-order valence-corrected chi connectivity index (χ0v) is 24.0. The molecule has 10 N–H and O–H groups in total. The number of aromatic nitrogens is 1. The maximum atomic E-state index is 13.6. The number of benzene rings is 1. The van der Waals surface area contributed by atoms with Gasteiger partial charge >= 0.3 is 5.96 Å². The average Bonchev–Trinajstić information content (AvgIpc) is 3.44. The molecule has 2 amide bonds. The molecule has 6 rings (SSSR count). The summed E-state index contributed by atoms with van der Waals surface area (Å²) >= 11 is 0. The summed E-state index contributed by atoms with van der Waals surface area (Å²) in [6, 6.07) is 5.70. The standard InChI is InChI=1S/C28H35N9O6/c1-26(2)9-11-43-20-14(6-4-7-15(20)26)22(38)34-18-13-37-25(30)33-16(21-27(37,28(18,40)41)36-24(29)35-21)12-32-23(39)19-17(42-3)8-5-10-31-19/h4-8,10,16,18,21,40-41H,9,11-13H2,1-3H3,(H2,30,33)(H,32,39)(H,34,38)(H3,29,35,36)/p+1/t16-,18?,21-,27-/m0/s1. The maximum absolute atomic E-state index is 13.6. The molecule has 15 heteroatoms. The van der Waals surface area contributed by atoms with Gasteiger partial charge in [0.2, 0.25) is 5.79 Å². The van der Waals surface area contributed by atoms with Crippen molar-refractivity contribution in [1.82, 2.24) is 25.8 Å². The number of guanidine groups is 2. The highest BCUT2D eigenvalue weighted by molar-refractivity contribution is 5.98. The van der Waals surface area contributed by atoms with Gasteiger partial charge in [-0.1, -0.05) is 26.0 Å². The predicted octanol–water partition coefficient (Wildman–Crippen LogP) is -3.56. The molecule has 0 aliphatic carbocycles. The van der Waals surface area contributed by atoms with Gasteiger partial charge in [-0.3, -0.25) is 25.2 Å². The SMILES string of the molecule is COc1cccnc1C(=O)NC[C@@H]1N=C(N)N2CC(NC(=O)c3cccc4c3OCCC4(C)C)C(O)(O)[C@@]23NC(N)=[NH+][C@@H]13. The first-order valence-electron chi connectivity index (χ1n) is 14.0. The van der Waals surface area contributed by atoms with Crippen molar-refractivity contribution >= 4 is 23.7 Å². The summed E-state index contributed by atoms with van der Waals surface area (Å²) < 4.78 is 11.1. The molecule has 0 saturated carbocycles. The number of aliphatic imine (C=N–C) groups is 1. The number of nitrogens with one attached hydrogen (secondary N) is 4. The summed E-state index contributed by atoms with van der Waals surface area (Å²) in [7, 11) is 1.43. The van der Waals surface area contributed by atoms with Crippen molar-refractivity contribution in [3.05, 3.63) is 53.3 Å². The van der Waals surface area contributed by atoms with Crippen LogP contribution in [0.1, 0.15) is 46.7 Å². The van der Waals surface area contributed by atoms with Crippen LogP contribution in [0.3, 0.4) is 0 Å². The topological polar surface area (TPSA) is 224 Å². The average molecular weight is 595 g/mol. The molecule has 4 atom stereocenters. The van der Waals surface area contributed by atoms with Crippen LogP contribution in [0, 0.1) is 0 Å². The number of methoxy groups -OCH3 is 1. The highest BCUT2D eigenvalue weighted by Gasteiger charge is 2.76. The van der Waals surface area contributed by atoms with Gasteiger partial charge in [-0.05, 0) is 30.0 Å². The molecule has 0 bridgehead atoms. The fourth-order valence-electron chi connectivity index (χ4n) is 6.53. The van der Waals surface area contributed by atoms with Gasteiger partial charge in [0.25, 0.3) is 17.5 Å². The van der Waals surface area contributed by atoms with Crippen molar-refractivity contribution in [1.29, 1.82) is 0 Å². The molecule has 0 radical (unpaired) electrons. The molecule has 1 unspecified atom stereocenters. The van der Waals surface area contributed by atoms with E-state index in [2.05, 4.69) is 44.8 Å².